The molecule has 1 aromatic rings. The lowest BCUT2D eigenvalue weighted by Gasteiger charge is -2.25. The van der Waals surface area contributed by atoms with Crippen LogP contribution in [0.5, 0.6) is 0 Å². The van der Waals surface area contributed by atoms with Gasteiger partial charge in [-0.1, -0.05) is 25.0 Å². The second-order valence-electron chi connectivity index (χ2n) is 5.20. The van der Waals surface area contributed by atoms with Crippen molar-refractivity contribution in [3.05, 3.63) is 27.8 Å². The van der Waals surface area contributed by atoms with Gasteiger partial charge in [-0.15, -0.1) is 0 Å². The number of aliphatic carboxylic acids is 1. The molecule has 1 aliphatic heterocycles. The van der Waals surface area contributed by atoms with Crippen molar-refractivity contribution < 1.29 is 14.7 Å². The second kappa shape index (κ2) is 7.74. The highest BCUT2D eigenvalue weighted by Crippen LogP contribution is 2.19. The zero-order valence-electron chi connectivity index (χ0n) is 11.7. The largest absolute Gasteiger partial charge is 0.480 e. The van der Waals surface area contributed by atoms with Crippen molar-refractivity contribution in [2.45, 2.75) is 31.7 Å². The molecule has 114 valence electrons. The SMILES string of the molecule is O=C(CN1CCCCCC1C(=O)O)Nc1ccccc1I. The van der Waals surface area contributed by atoms with E-state index in [2.05, 4.69) is 27.9 Å². The average molecular weight is 402 g/mol. The number of carbonyl (C=O) groups excluding carboxylic acids is 1. The zero-order valence-corrected chi connectivity index (χ0v) is 13.9. The Morgan fingerprint density at radius 2 is 2.05 bits per heavy atom. The smallest absolute Gasteiger partial charge is 0.320 e. The van der Waals surface area contributed by atoms with E-state index in [-0.39, 0.29) is 12.5 Å². The van der Waals surface area contributed by atoms with Crippen LogP contribution in [0.1, 0.15) is 25.7 Å². The van der Waals surface area contributed by atoms with Gasteiger partial charge in [0.05, 0.1) is 12.2 Å². The van der Waals surface area contributed by atoms with E-state index in [4.69, 9.17) is 0 Å². The molecule has 21 heavy (non-hydrogen) atoms. The maximum Gasteiger partial charge on any atom is 0.320 e. The molecule has 1 heterocycles. The number of benzene rings is 1. The van der Waals surface area contributed by atoms with Crippen molar-refractivity contribution in [2.24, 2.45) is 0 Å². The van der Waals surface area contributed by atoms with Gasteiger partial charge in [0.15, 0.2) is 0 Å². The third-order valence-corrected chi connectivity index (χ3v) is 4.58. The van der Waals surface area contributed by atoms with Crippen molar-refractivity contribution >= 4 is 40.2 Å². The number of likely N-dealkylation sites (tertiary alicyclic amines) is 1. The van der Waals surface area contributed by atoms with Gasteiger partial charge in [-0.3, -0.25) is 14.5 Å². The van der Waals surface area contributed by atoms with E-state index in [0.29, 0.717) is 13.0 Å². The first-order valence-corrected chi connectivity index (χ1v) is 8.17. The summed E-state index contributed by atoms with van der Waals surface area (Å²) in [5.41, 5.74) is 0.768. The van der Waals surface area contributed by atoms with Crippen LogP contribution in [-0.4, -0.2) is 41.0 Å². The summed E-state index contributed by atoms with van der Waals surface area (Å²) in [6.07, 6.45) is 3.50. The Morgan fingerprint density at radius 3 is 2.76 bits per heavy atom. The predicted molar refractivity (Wildman–Crippen MR) is 89.3 cm³/mol. The molecule has 1 fully saturated rings. The molecular formula is C15H19IN2O3. The Kier molecular flexibility index (Phi) is 5.98. The van der Waals surface area contributed by atoms with E-state index in [1.165, 1.54) is 0 Å². The van der Waals surface area contributed by atoms with Crippen LogP contribution in [0.2, 0.25) is 0 Å². The summed E-state index contributed by atoms with van der Waals surface area (Å²) in [5.74, 6) is -0.994. The second-order valence-corrected chi connectivity index (χ2v) is 6.36. The summed E-state index contributed by atoms with van der Waals surface area (Å²) in [4.78, 5) is 25.3. The van der Waals surface area contributed by atoms with E-state index in [9.17, 15) is 14.7 Å². The number of hydrogen-bond acceptors (Lipinski definition) is 3. The van der Waals surface area contributed by atoms with Gasteiger partial charge in [-0.05, 0) is 54.1 Å². The molecule has 1 aliphatic rings. The number of amides is 1. The topological polar surface area (TPSA) is 69.6 Å². The Labute approximate surface area is 137 Å². The fourth-order valence-electron chi connectivity index (χ4n) is 2.57. The highest BCUT2D eigenvalue weighted by molar-refractivity contribution is 14.1. The number of halogens is 1. The van der Waals surface area contributed by atoms with Crippen LogP contribution in [0.3, 0.4) is 0 Å². The molecule has 1 saturated heterocycles. The minimum atomic E-state index is -0.834. The average Bonchev–Trinajstić information content (AvgIpc) is 2.67. The minimum absolute atomic E-state index is 0.127. The predicted octanol–water partition coefficient (Wildman–Crippen LogP) is 2.56. The van der Waals surface area contributed by atoms with Gasteiger partial charge in [0, 0.05) is 3.57 Å². The van der Waals surface area contributed by atoms with Gasteiger partial charge < -0.3 is 10.4 Å². The molecule has 2 rings (SSSR count). The standard InChI is InChI=1S/C15H19IN2O3/c16-11-6-3-4-7-12(11)17-14(19)10-18-9-5-1-2-8-13(18)15(20)21/h3-4,6-7,13H,1-2,5,8-10H2,(H,17,19)(H,20,21). The van der Waals surface area contributed by atoms with E-state index < -0.39 is 12.0 Å². The van der Waals surface area contributed by atoms with Crippen molar-refractivity contribution in [3.8, 4) is 0 Å². The van der Waals surface area contributed by atoms with Crippen molar-refractivity contribution in [3.63, 3.8) is 0 Å². The summed E-state index contributed by atoms with van der Waals surface area (Å²) in [6, 6.07) is 6.99. The van der Waals surface area contributed by atoms with Crippen molar-refractivity contribution in [1.82, 2.24) is 4.90 Å². The van der Waals surface area contributed by atoms with E-state index in [1.807, 2.05) is 24.3 Å². The minimum Gasteiger partial charge on any atom is -0.480 e. The van der Waals surface area contributed by atoms with Crippen LogP contribution in [0.25, 0.3) is 0 Å². The quantitative estimate of drug-likeness (QED) is 0.760. The van der Waals surface area contributed by atoms with E-state index in [1.54, 1.807) is 4.90 Å². The fraction of sp³-hybridized carbons (Fsp3) is 0.467. The molecule has 0 aromatic heterocycles. The summed E-state index contributed by atoms with van der Waals surface area (Å²) in [6.45, 7) is 0.790. The van der Waals surface area contributed by atoms with Crippen LogP contribution in [0.4, 0.5) is 5.69 Å². The molecule has 1 amide bonds. The molecular weight excluding hydrogens is 383 g/mol. The van der Waals surface area contributed by atoms with Gasteiger partial charge in [-0.2, -0.15) is 0 Å². The number of carboxylic acids is 1. The molecule has 0 aliphatic carbocycles. The third-order valence-electron chi connectivity index (χ3n) is 3.64. The Morgan fingerprint density at radius 1 is 1.29 bits per heavy atom. The molecule has 0 spiro atoms. The van der Waals surface area contributed by atoms with Gasteiger partial charge in [-0.25, -0.2) is 0 Å². The molecule has 0 saturated carbocycles. The van der Waals surface area contributed by atoms with Crippen LogP contribution < -0.4 is 5.32 Å². The Balaban J connectivity index is 2.00. The van der Waals surface area contributed by atoms with Gasteiger partial charge in [0.25, 0.3) is 0 Å². The summed E-state index contributed by atoms with van der Waals surface area (Å²) >= 11 is 2.16. The number of anilines is 1. The van der Waals surface area contributed by atoms with Gasteiger partial charge in [0.2, 0.25) is 5.91 Å². The van der Waals surface area contributed by atoms with Crippen LogP contribution in [0.15, 0.2) is 24.3 Å². The number of nitrogens with zero attached hydrogens (tertiary/aromatic N) is 1. The maximum atomic E-state index is 12.2. The number of hydrogen-bond donors (Lipinski definition) is 2. The molecule has 6 heteroatoms. The number of carboxylic acid groups (broad SMARTS) is 1. The first kappa shape index (κ1) is 16.2. The molecule has 1 aromatic carbocycles. The van der Waals surface area contributed by atoms with Crippen LogP contribution in [-0.2, 0) is 9.59 Å². The van der Waals surface area contributed by atoms with Crippen molar-refractivity contribution in [1.29, 1.82) is 0 Å². The van der Waals surface area contributed by atoms with Gasteiger partial charge >= 0.3 is 5.97 Å². The molecule has 5 nitrogen and oxygen atoms in total. The van der Waals surface area contributed by atoms with Crippen molar-refractivity contribution in [2.75, 3.05) is 18.4 Å². The third kappa shape index (κ3) is 4.67. The Bertz CT molecular complexity index is 521. The summed E-state index contributed by atoms with van der Waals surface area (Å²) in [5, 5.41) is 12.2. The van der Waals surface area contributed by atoms with E-state index >= 15 is 0 Å². The monoisotopic (exact) mass is 402 g/mol. The number of nitrogens with one attached hydrogen (secondary N) is 1. The summed E-state index contributed by atoms with van der Waals surface area (Å²) < 4.78 is 0.967. The highest BCUT2D eigenvalue weighted by atomic mass is 127. The Hall–Kier alpha value is -1.15. The number of para-hydroxylation sites is 1. The number of carbonyl (C=O) groups is 2. The normalized spacial score (nSPS) is 19.8. The van der Waals surface area contributed by atoms with Crippen LogP contribution in [0, 0.1) is 3.57 Å². The number of rotatable bonds is 4. The van der Waals surface area contributed by atoms with Gasteiger partial charge in [0.1, 0.15) is 6.04 Å². The first-order valence-electron chi connectivity index (χ1n) is 7.09. The molecule has 0 radical (unpaired) electrons. The molecule has 0 bridgehead atoms. The lowest BCUT2D eigenvalue weighted by Crippen LogP contribution is -2.44. The first-order chi connectivity index (χ1) is 10.1. The molecule has 1 unspecified atom stereocenters. The summed E-state index contributed by atoms with van der Waals surface area (Å²) in [7, 11) is 0. The van der Waals surface area contributed by atoms with Crippen LogP contribution >= 0.6 is 22.6 Å². The fourth-order valence-corrected chi connectivity index (χ4v) is 3.10. The lowest BCUT2D eigenvalue weighted by atomic mass is 10.1. The molecule has 1 atom stereocenters. The zero-order chi connectivity index (χ0) is 15.2. The molecule has 2 N–H and O–H groups in total. The highest BCUT2D eigenvalue weighted by Gasteiger charge is 2.28. The lowest BCUT2D eigenvalue weighted by molar-refractivity contribution is -0.143. The maximum absolute atomic E-state index is 12.2. The van der Waals surface area contributed by atoms with E-state index in [0.717, 1.165) is 28.5 Å².